The van der Waals surface area contributed by atoms with E-state index >= 15 is 0 Å². The number of nitrogens with one attached hydrogen (secondary N) is 1. The molecule has 186 valence electrons. The van der Waals surface area contributed by atoms with E-state index in [9.17, 15) is 18.0 Å². The number of carbonyl (C=O) groups excluding carboxylic acids is 2. The molecule has 0 heterocycles. The van der Waals surface area contributed by atoms with Gasteiger partial charge in [0.1, 0.15) is 12.6 Å². The maximum Gasteiger partial charge on any atom is 0.244 e. The highest BCUT2D eigenvalue weighted by Crippen LogP contribution is 2.31. The van der Waals surface area contributed by atoms with E-state index in [1.54, 1.807) is 0 Å². The van der Waals surface area contributed by atoms with Gasteiger partial charge in [-0.2, -0.15) is 0 Å². The van der Waals surface area contributed by atoms with Crippen molar-refractivity contribution in [3.8, 4) is 0 Å². The molecular formula is C24H31Cl2N3O4S. The SMILES string of the molecule is CC[C@H](C(=O)NC(C)C)N(Cc1cccc(C)c1)C(=O)CN(c1cc(Cl)ccc1Cl)S(C)(=O)=O. The first-order chi connectivity index (χ1) is 15.8. The Labute approximate surface area is 212 Å². The second-order valence-electron chi connectivity index (χ2n) is 8.46. The fraction of sp³-hybridized carbons (Fsp3) is 0.417. The topological polar surface area (TPSA) is 86.8 Å². The van der Waals surface area contributed by atoms with Crippen molar-refractivity contribution in [3.05, 3.63) is 63.6 Å². The maximum atomic E-state index is 13.6. The molecule has 1 N–H and O–H groups in total. The Morgan fingerprint density at radius 2 is 1.76 bits per heavy atom. The van der Waals surface area contributed by atoms with Crippen molar-refractivity contribution >= 4 is 50.7 Å². The molecular weight excluding hydrogens is 497 g/mol. The summed E-state index contributed by atoms with van der Waals surface area (Å²) in [6.45, 7) is 7.03. The fourth-order valence-corrected chi connectivity index (χ4v) is 4.87. The third-order valence-electron chi connectivity index (χ3n) is 5.11. The van der Waals surface area contributed by atoms with Gasteiger partial charge in [0.05, 0.1) is 17.0 Å². The highest BCUT2D eigenvalue weighted by atomic mass is 35.5. The molecule has 7 nitrogen and oxygen atoms in total. The molecule has 0 aliphatic rings. The number of sulfonamides is 1. The number of aryl methyl sites for hydroxylation is 1. The zero-order valence-electron chi connectivity index (χ0n) is 20.0. The number of carbonyl (C=O) groups is 2. The van der Waals surface area contributed by atoms with Crippen LogP contribution in [0, 0.1) is 6.92 Å². The van der Waals surface area contributed by atoms with Gasteiger partial charge < -0.3 is 10.2 Å². The zero-order valence-corrected chi connectivity index (χ0v) is 22.3. The van der Waals surface area contributed by atoms with Gasteiger partial charge >= 0.3 is 0 Å². The molecule has 0 fully saturated rings. The molecule has 0 saturated carbocycles. The first-order valence-corrected chi connectivity index (χ1v) is 13.5. The fourth-order valence-electron chi connectivity index (χ4n) is 3.58. The van der Waals surface area contributed by atoms with Crippen LogP contribution in [0.1, 0.15) is 38.3 Å². The average Bonchev–Trinajstić information content (AvgIpc) is 2.72. The van der Waals surface area contributed by atoms with Gasteiger partial charge in [0.15, 0.2) is 0 Å². The number of nitrogens with zero attached hydrogens (tertiary/aromatic N) is 2. The molecule has 0 spiro atoms. The van der Waals surface area contributed by atoms with E-state index < -0.39 is 28.5 Å². The normalized spacial score (nSPS) is 12.4. The van der Waals surface area contributed by atoms with Crippen LogP contribution in [0.15, 0.2) is 42.5 Å². The Morgan fingerprint density at radius 3 is 2.32 bits per heavy atom. The first kappa shape index (κ1) is 28.0. The highest BCUT2D eigenvalue weighted by Gasteiger charge is 2.32. The highest BCUT2D eigenvalue weighted by molar-refractivity contribution is 7.92. The maximum absolute atomic E-state index is 13.6. The van der Waals surface area contributed by atoms with E-state index in [4.69, 9.17) is 23.2 Å². The Bertz CT molecular complexity index is 1140. The minimum atomic E-state index is -3.89. The van der Waals surface area contributed by atoms with Crippen molar-refractivity contribution in [1.29, 1.82) is 0 Å². The molecule has 2 amide bonds. The lowest BCUT2D eigenvalue weighted by Crippen LogP contribution is -2.53. The molecule has 2 aromatic carbocycles. The van der Waals surface area contributed by atoms with Crippen LogP contribution in [0.25, 0.3) is 0 Å². The molecule has 0 radical (unpaired) electrons. The van der Waals surface area contributed by atoms with E-state index in [2.05, 4.69) is 5.32 Å². The van der Waals surface area contributed by atoms with Crippen LogP contribution in [0.4, 0.5) is 5.69 Å². The summed E-state index contributed by atoms with van der Waals surface area (Å²) in [5, 5.41) is 3.27. The van der Waals surface area contributed by atoms with Crippen molar-refractivity contribution in [2.75, 3.05) is 17.1 Å². The molecule has 0 saturated heterocycles. The quantitative estimate of drug-likeness (QED) is 0.495. The monoisotopic (exact) mass is 527 g/mol. The van der Waals surface area contributed by atoms with Gasteiger partial charge in [0.2, 0.25) is 21.8 Å². The van der Waals surface area contributed by atoms with Gasteiger partial charge in [0.25, 0.3) is 0 Å². The van der Waals surface area contributed by atoms with Gasteiger partial charge in [-0.1, -0.05) is 60.0 Å². The molecule has 10 heteroatoms. The zero-order chi connectivity index (χ0) is 25.6. The second-order valence-corrected chi connectivity index (χ2v) is 11.2. The molecule has 2 rings (SSSR count). The predicted molar refractivity (Wildman–Crippen MR) is 138 cm³/mol. The lowest BCUT2D eigenvalue weighted by molar-refractivity contribution is -0.140. The van der Waals surface area contributed by atoms with Gasteiger partial charge in [-0.05, 0) is 51.0 Å². The van der Waals surface area contributed by atoms with E-state index in [1.165, 1.54) is 23.1 Å². The van der Waals surface area contributed by atoms with Crippen molar-refractivity contribution in [2.45, 2.75) is 52.7 Å². The number of rotatable bonds is 10. The van der Waals surface area contributed by atoms with Crippen LogP contribution in [-0.2, 0) is 26.2 Å². The molecule has 0 bridgehead atoms. The van der Waals surface area contributed by atoms with Crippen LogP contribution in [0.2, 0.25) is 10.0 Å². The number of hydrogen-bond acceptors (Lipinski definition) is 4. The lowest BCUT2D eigenvalue weighted by Gasteiger charge is -2.33. The number of benzene rings is 2. The molecule has 0 aliphatic heterocycles. The van der Waals surface area contributed by atoms with Crippen LogP contribution in [0.3, 0.4) is 0 Å². The standard InChI is InChI=1S/C24H31Cl2N3O4S/c1-6-21(24(31)27-16(2)3)28(14-18-9-7-8-17(4)12-18)23(30)15-29(34(5,32)33)22-13-19(25)10-11-20(22)26/h7-13,16,21H,6,14-15H2,1-5H3,(H,27,31)/t21-/m1/s1. The van der Waals surface area contributed by atoms with E-state index in [0.717, 1.165) is 21.7 Å². The third kappa shape index (κ3) is 7.61. The van der Waals surface area contributed by atoms with Gasteiger partial charge in [0, 0.05) is 17.6 Å². The minimum Gasteiger partial charge on any atom is -0.352 e. The Balaban J connectivity index is 2.49. The summed E-state index contributed by atoms with van der Waals surface area (Å²) in [4.78, 5) is 28.0. The largest absolute Gasteiger partial charge is 0.352 e. The number of amides is 2. The molecule has 34 heavy (non-hydrogen) atoms. The van der Waals surface area contributed by atoms with Crippen LogP contribution in [0.5, 0.6) is 0 Å². The van der Waals surface area contributed by atoms with Gasteiger partial charge in [-0.15, -0.1) is 0 Å². The number of halogens is 2. The molecule has 2 aromatic rings. The van der Waals surface area contributed by atoms with Crippen molar-refractivity contribution in [3.63, 3.8) is 0 Å². The van der Waals surface area contributed by atoms with E-state index in [-0.39, 0.29) is 34.2 Å². The van der Waals surface area contributed by atoms with Crippen LogP contribution < -0.4 is 9.62 Å². The third-order valence-corrected chi connectivity index (χ3v) is 6.79. The predicted octanol–water partition coefficient (Wildman–Crippen LogP) is 4.40. The van der Waals surface area contributed by atoms with Gasteiger partial charge in [-0.3, -0.25) is 13.9 Å². The molecule has 0 aromatic heterocycles. The first-order valence-electron chi connectivity index (χ1n) is 10.9. The number of anilines is 1. The van der Waals surface area contributed by atoms with E-state index in [1.807, 2.05) is 52.0 Å². The Morgan fingerprint density at radius 1 is 1.09 bits per heavy atom. The summed E-state index contributed by atoms with van der Waals surface area (Å²) < 4.78 is 26.2. The summed E-state index contributed by atoms with van der Waals surface area (Å²) in [6, 6.07) is 11.1. The summed E-state index contributed by atoms with van der Waals surface area (Å²) in [5.74, 6) is -0.834. The average molecular weight is 529 g/mol. The van der Waals surface area contributed by atoms with Crippen molar-refractivity contribution in [2.24, 2.45) is 0 Å². The smallest absolute Gasteiger partial charge is 0.244 e. The summed E-state index contributed by atoms with van der Waals surface area (Å²) >= 11 is 12.3. The molecule has 0 unspecified atom stereocenters. The van der Waals surface area contributed by atoms with Gasteiger partial charge in [-0.25, -0.2) is 8.42 Å². The molecule has 0 aliphatic carbocycles. The lowest BCUT2D eigenvalue weighted by atomic mass is 10.1. The Hall–Kier alpha value is -2.29. The van der Waals surface area contributed by atoms with Crippen LogP contribution >= 0.6 is 23.2 Å². The van der Waals surface area contributed by atoms with Crippen molar-refractivity contribution in [1.82, 2.24) is 10.2 Å². The second kappa shape index (κ2) is 11.9. The molecule has 1 atom stereocenters. The van der Waals surface area contributed by atoms with E-state index in [0.29, 0.717) is 6.42 Å². The minimum absolute atomic E-state index is 0.0974. The van der Waals surface area contributed by atoms with Crippen LogP contribution in [-0.4, -0.2) is 50.0 Å². The summed E-state index contributed by atoms with van der Waals surface area (Å²) in [6.07, 6.45) is 1.35. The summed E-state index contributed by atoms with van der Waals surface area (Å²) in [7, 11) is -3.89. The number of hydrogen-bond donors (Lipinski definition) is 1. The van der Waals surface area contributed by atoms with Crippen molar-refractivity contribution < 1.29 is 18.0 Å². The summed E-state index contributed by atoms with van der Waals surface area (Å²) in [5.41, 5.74) is 1.93. The Kier molecular flexibility index (Phi) is 9.79.